The molecule has 7 aliphatic rings. The van der Waals surface area contributed by atoms with Gasteiger partial charge in [-0.1, -0.05) is 313 Å². The van der Waals surface area contributed by atoms with Gasteiger partial charge in [0.25, 0.3) is 0 Å². The van der Waals surface area contributed by atoms with Crippen molar-refractivity contribution < 1.29 is 13.3 Å². The summed E-state index contributed by atoms with van der Waals surface area (Å²) in [6, 6.07) is 79.1. The van der Waals surface area contributed by atoms with Crippen LogP contribution in [0.4, 0.5) is 17.1 Å². The van der Waals surface area contributed by atoms with Gasteiger partial charge in [0, 0.05) is 93.0 Å². The number of hydrogen-bond donors (Lipinski definition) is 0. The van der Waals surface area contributed by atoms with Crippen molar-refractivity contribution in [2.75, 3.05) is 4.90 Å². The van der Waals surface area contributed by atoms with Gasteiger partial charge in [-0.2, -0.15) is 0 Å². The van der Waals surface area contributed by atoms with Crippen LogP contribution in [0.1, 0.15) is 304 Å². The Morgan fingerprint density at radius 1 is 0.261 bits per heavy atom. The van der Waals surface area contributed by atoms with Crippen molar-refractivity contribution in [1.29, 1.82) is 0 Å². The number of hydrogen-bond acceptors (Lipinski definition) is 4. The Balaban J connectivity index is 0.803. The quantitative estimate of drug-likeness (QED) is 0.0599. The SMILES string of the molecule is CCCCCCCC12CCC(CCCCC)(CCCCC)CCC3(CCCCCCC)c4ccccc4-c4c3c1c(c1oc3ccccc3c41)-c1ccc(N(c3ccc4c(c3)C(C)(C)c3cc5c(cc3-4)C(C)(C)c3ccc4oc6ccccc6c4c3-5)c3ccc4c(c3)C(C)(C)c3c5c(c6oc7ccccc7c6c3-4)-c3ccccc3C5(C)C)cc12. The van der Waals surface area contributed by atoms with Crippen LogP contribution in [0, 0.1) is 5.41 Å². The standard InChI is InChI=1S/C115H117NO3/c1-13-17-21-23-37-59-114-63-61-113(57-35-19-15-3,58-36-20-16-4)62-64-115(60-38-24-22-18-14-2)90-67-72(51-54-77(90)102-106(115)105(114)98(75-40-26-31-45-84(75)114)100-80-43-29-34-48-93(80)119-108(100)102)116(70-49-52-73-81-68-89-82(69-88(81)110(7,8)86(73)65-70)95-85(109(89,5)6)55-56-94-96(95)78-41-27-32-46-91(78)117-94)71-50-53-76-87(66-71)112(11,12)103-97(76)99-79-42-28-33-47-92(79)118-107(99)101-74-39-25-30-44-83(74)111(9,10)104(101)103/h25-34,39-56,65-69H,13-24,35-38,57-64H2,1-12H3. The minimum absolute atomic E-state index is 0.181. The molecular formula is C115H117NO3. The highest BCUT2D eigenvalue weighted by molar-refractivity contribution is 6.23. The molecule has 0 N–H and O–H groups in total. The Bertz CT molecular complexity index is 6710. The van der Waals surface area contributed by atoms with Crippen LogP contribution in [0.3, 0.4) is 0 Å². The van der Waals surface area contributed by atoms with Gasteiger partial charge in [0.15, 0.2) is 0 Å². The number of para-hydroxylation sites is 3. The maximum absolute atomic E-state index is 7.80. The summed E-state index contributed by atoms with van der Waals surface area (Å²) in [4.78, 5) is 2.75. The van der Waals surface area contributed by atoms with E-state index in [4.69, 9.17) is 13.3 Å². The maximum atomic E-state index is 7.80. The van der Waals surface area contributed by atoms with Crippen LogP contribution in [-0.4, -0.2) is 0 Å². The first-order valence-electron chi connectivity index (χ1n) is 46.5. The summed E-state index contributed by atoms with van der Waals surface area (Å²) in [7, 11) is 0. The van der Waals surface area contributed by atoms with E-state index in [1.807, 2.05) is 0 Å². The number of fused-ring (bicyclic) bond motifs is 33. The lowest BCUT2D eigenvalue weighted by Crippen LogP contribution is -2.32. The maximum Gasteiger partial charge on any atom is 0.144 e. The van der Waals surface area contributed by atoms with Crippen molar-refractivity contribution in [1.82, 2.24) is 0 Å². The highest BCUT2D eigenvalue weighted by Crippen LogP contribution is 2.71. The number of benzene rings is 12. The van der Waals surface area contributed by atoms with Crippen LogP contribution in [0.15, 0.2) is 213 Å². The lowest BCUT2D eigenvalue weighted by Gasteiger charge is -2.40. The van der Waals surface area contributed by atoms with Gasteiger partial charge in [-0.25, -0.2) is 0 Å². The third-order valence-electron chi connectivity index (χ3n) is 32.1. The van der Waals surface area contributed by atoms with Gasteiger partial charge in [-0.15, -0.1) is 0 Å². The van der Waals surface area contributed by atoms with E-state index in [1.54, 1.807) is 16.7 Å². The average Bonchev–Trinajstić information content (AvgIpc) is 1.51. The normalized spacial score (nSPS) is 18.9. The molecule has 0 aliphatic heterocycles. The second-order valence-electron chi connectivity index (χ2n) is 40.0. The van der Waals surface area contributed by atoms with Gasteiger partial charge in [0.2, 0.25) is 0 Å². The fraction of sp³-hybridized carbons (Fsp3) is 0.374. The van der Waals surface area contributed by atoms with E-state index < -0.39 is 5.41 Å². The van der Waals surface area contributed by atoms with Crippen molar-refractivity contribution in [3.8, 4) is 66.8 Å². The van der Waals surface area contributed by atoms with Crippen molar-refractivity contribution in [2.45, 2.75) is 270 Å². The molecule has 0 fully saturated rings. The predicted molar refractivity (Wildman–Crippen MR) is 502 cm³/mol. The summed E-state index contributed by atoms with van der Waals surface area (Å²) >= 11 is 0. The smallest absolute Gasteiger partial charge is 0.144 e. The van der Waals surface area contributed by atoms with E-state index in [9.17, 15) is 0 Å². The molecule has 0 spiro atoms. The second kappa shape index (κ2) is 27.4. The molecule has 2 unspecified atom stereocenters. The summed E-state index contributed by atoms with van der Waals surface area (Å²) in [5, 5.41) is 7.43. The van der Waals surface area contributed by atoms with Crippen molar-refractivity contribution >= 4 is 82.9 Å². The monoisotopic (exact) mass is 1560 g/mol. The summed E-state index contributed by atoms with van der Waals surface area (Å²) in [5.74, 6) is 0. The third kappa shape index (κ3) is 10.5. The average molecular weight is 1560 g/mol. The van der Waals surface area contributed by atoms with Gasteiger partial charge < -0.3 is 18.2 Å². The van der Waals surface area contributed by atoms with Crippen LogP contribution in [0.2, 0.25) is 0 Å². The van der Waals surface area contributed by atoms with Gasteiger partial charge in [0.1, 0.15) is 33.5 Å². The second-order valence-corrected chi connectivity index (χ2v) is 40.0. The first-order valence-corrected chi connectivity index (χ1v) is 46.5. The third-order valence-corrected chi connectivity index (χ3v) is 32.1. The van der Waals surface area contributed by atoms with E-state index in [0.717, 1.165) is 46.3 Å². The first-order chi connectivity index (χ1) is 57.8. The predicted octanol–water partition coefficient (Wildman–Crippen LogP) is 34.1. The number of nitrogens with zero attached hydrogens (tertiary/aromatic N) is 1. The Kier molecular flexibility index (Phi) is 17.3. The highest BCUT2D eigenvalue weighted by Gasteiger charge is 2.57. The van der Waals surface area contributed by atoms with Crippen molar-refractivity contribution in [3.63, 3.8) is 0 Å². The minimum Gasteiger partial charge on any atom is -0.456 e. The van der Waals surface area contributed by atoms with Gasteiger partial charge >= 0.3 is 0 Å². The molecule has 7 aliphatic carbocycles. The molecule has 3 heterocycles. The summed E-state index contributed by atoms with van der Waals surface area (Å²) < 4.78 is 21.8. The van der Waals surface area contributed by atoms with Gasteiger partial charge in [-0.3, -0.25) is 0 Å². The molecule has 0 amide bonds. The fourth-order valence-corrected chi connectivity index (χ4v) is 26.2. The molecule has 3 aromatic heterocycles. The summed E-state index contributed by atoms with van der Waals surface area (Å²) in [6.45, 7) is 29.6. The summed E-state index contributed by atoms with van der Waals surface area (Å²) in [5.41, 5.74) is 41.7. The van der Waals surface area contributed by atoms with E-state index >= 15 is 0 Å². The zero-order valence-corrected chi connectivity index (χ0v) is 72.7. The van der Waals surface area contributed by atoms with Crippen LogP contribution in [-0.2, 0) is 32.5 Å². The fourth-order valence-electron chi connectivity index (χ4n) is 26.2. The first kappa shape index (κ1) is 75.1. The molecule has 600 valence electrons. The molecule has 4 heteroatoms. The van der Waals surface area contributed by atoms with E-state index in [1.165, 1.54) is 307 Å². The van der Waals surface area contributed by atoms with Crippen LogP contribution in [0.5, 0.6) is 0 Å². The summed E-state index contributed by atoms with van der Waals surface area (Å²) in [6.07, 6.45) is 29.9. The van der Waals surface area contributed by atoms with Gasteiger partial charge in [-0.05, 0) is 252 Å². The molecule has 0 bridgehead atoms. The zero-order valence-electron chi connectivity index (χ0n) is 72.7. The van der Waals surface area contributed by atoms with Crippen molar-refractivity contribution in [2.24, 2.45) is 5.41 Å². The van der Waals surface area contributed by atoms with E-state index in [2.05, 4.69) is 288 Å². The molecule has 15 aromatic rings. The Labute approximate surface area is 705 Å². The Morgan fingerprint density at radius 3 is 1.25 bits per heavy atom. The van der Waals surface area contributed by atoms with E-state index in [0.29, 0.717) is 0 Å². The molecule has 4 nitrogen and oxygen atoms in total. The number of unbranched alkanes of at least 4 members (excludes halogenated alkanes) is 12. The molecule has 119 heavy (non-hydrogen) atoms. The van der Waals surface area contributed by atoms with Crippen LogP contribution < -0.4 is 4.90 Å². The Hall–Kier alpha value is -10.2. The molecule has 0 saturated heterocycles. The number of furan rings is 3. The number of anilines is 3. The highest BCUT2D eigenvalue weighted by atomic mass is 16.3. The zero-order chi connectivity index (χ0) is 81.0. The molecule has 2 atom stereocenters. The minimum atomic E-state index is -0.414. The molecular weight excluding hydrogens is 1440 g/mol. The number of rotatable bonds is 23. The van der Waals surface area contributed by atoms with Crippen LogP contribution >= 0.6 is 0 Å². The molecule has 0 saturated carbocycles. The largest absolute Gasteiger partial charge is 0.456 e. The van der Waals surface area contributed by atoms with Crippen LogP contribution in [0.25, 0.3) is 133 Å². The lowest BCUT2D eigenvalue weighted by atomic mass is 9.64. The van der Waals surface area contributed by atoms with Gasteiger partial charge in [0.05, 0.1) is 0 Å². The van der Waals surface area contributed by atoms with E-state index in [-0.39, 0.29) is 32.5 Å². The lowest BCUT2D eigenvalue weighted by molar-refractivity contribution is 0.154. The molecule has 0 radical (unpaired) electrons. The molecule has 22 rings (SSSR count). The topological polar surface area (TPSA) is 42.7 Å². The van der Waals surface area contributed by atoms with Crippen molar-refractivity contribution in [3.05, 3.63) is 267 Å². The Morgan fingerprint density at radius 2 is 0.655 bits per heavy atom. The molecule has 12 aromatic carbocycles.